The van der Waals surface area contributed by atoms with Crippen LogP contribution in [0.1, 0.15) is 33.1 Å². The number of nitrogens with one attached hydrogen (secondary N) is 1. The van der Waals surface area contributed by atoms with Gasteiger partial charge in [0, 0.05) is 5.88 Å². The molecule has 2 aliphatic heterocycles. The zero-order valence-electron chi connectivity index (χ0n) is 10.7. The van der Waals surface area contributed by atoms with Crippen LogP contribution in [0.15, 0.2) is 33.2 Å². The van der Waals surface area contributed by atoms with Crippen LogP contribution in [0.25, 0.3) is 0 Å². The van der Waals surface area contributed by atoms with Crippen molar-refractivity contribution >= 4 is 11.6 Å². The first-order chi connectivity index (χ1) is 8.52. The second-order valence-electron chi connectivity index (χ2n) is 4.83. The molecule has 0 spiro atoms. The van der Waals surface area contributed by atoms with E-state index in [1.165, 1.54) is 0 Å². The van der Waals surface area contributed by atoms with Crippen molar-refractivity contribution < 1.29 is 0 Å². The Labute approximate surface area is 112 Å². The highest BCUT2D eigenvalue weighted by Crippen LogP contribution is 2.40. The van der Waals surface area contributed by atoms with Gasteiger partial charge in [-0.25, -0.2) is 10.4 Å². The molecule has 2 rings (SSSR count). The number of rotatable bonds is 4. The number of fused-ring (bicyclic) bond motifs is 1. The van der Waals surface area contributed by atoms with Crippen LogP contribution in [0.3, 0.4) is 0 Å². The smallest absolute Gasteiger partial charge is 0.172 e. The number of hydrogen-bond acceptors (Lipinski definition) is 6. The average Bonchev–Trinajstić information content (AvgIpc) is 2.84. The molecule has 0 aromatic carbocycles. The summed E-state index contributed by atoms with van der Waals surface area (Å²) in [4.78, 5) is 0. The van der Waals surface area contributed by atoms with Crippen molar-refractivity contribution in [2.45, 2.75) is 38.6 Å². The van der Waals surface area contributed by atoms with Gasteiger partial charge in [0.1, 0.15) is 0 Å². The highest BCUT2D eigenvalue weighted by molar-refractivity contribution is 6.17. The van der Waals surface area contributed by atoms with Crippen molar-refractivity contribution in [3.8, 4) is 0 Å². The van der Waals surface area contributed by atoms with Crippen LogP contribution in [-0.4, -0.2) is 16.4 Å². The van der Waals surface area contributed by atoms with E-state index >= 15 is 0 Å². The van der Waals surface area contributed by atoms with Gasteiger partial charge in [-0.2, -0.15) is 0 Å². The van der Waals surface area contributed by atoms with Gasteiger partial charge in [-0.3, -0.25) is 0 Å². The van der Waals surface area contributed by atoms with Gasteiger partial charge in [0.2, 0.25) is 0 Å². The fourth-order valence-electron chi connectivity index (χ4n) is 2.36. The lowest BCUT2D eigenvalue weighted by Crippen LogP contribution is -2.49. The molecule has 18 heavy (non-hydrogen) atoms. The molecule has 0 aliphatic carbocycles. The van der Waals surface area contributed by atoms with Crippen LogP contribution in [0, 0.1) is 0 Å². The lowest BCUT2D eigenvalue weighted by atomic mass is 9.83. The zero-order chi connectivity index (χ0) is 13.3. The van der Waals surface area contributed by atoms with Crippen LogP contribution in [0.2, 0.25) is 0 Å². The molecule has 2 heterocycles. The Morgan fingerprint density at radius 2 is 2.06 bits per heavy atom. The lowest BCUT2D eigenvalue weighted by molar-refractivity contribution is 0.168. The van der Waals surface area contributed by atoms with Gasteiger partial charge in [-0.05, 0) is 49.1 Å². The summed E-state index contributed by atoms with van der Waals surface area (Å²) >= 11 is 5.73. The Bertz CT molecular complexity index is 441. The molecule has 0 aromatic heterocycles. The minimum Gasteiger partial charge on any atom is -0.397 e. The highest BCUT2D eigenvalue weighted by atomic mass is 35.5. The summed E-state index contributed by atoms with van der Waals surface area (Å²) in [6.45, 7) is 4.09. The molecule has 1 unspecified atom stereocenters. The summed E-state index contributed by atoms with van der Waals surface area (Å²) in [6, 6.07) is 0. The van der Waals surface area contributed by atoms with E-state index in [9.17, 15) is 0 Å². The molecule has 1 atom stereocenters. The number of nitrogens with two attached hydrogens (primary N) is 2. The van der Waals surface area contributed by atoms with Gasteiger partial charge in [0.15, 0.2) is 5.82 Å². The summed E-state index contributed by atoms with van der Waals surface area (Å²) in [5.41, 5.74) is 16.7. The van der Waals surface area contributed by atoms with E-state index in [-0.39, 0.29) is 5.54 Å². The number of alkyl halides is 1. The topological polar surface area (TPSA) is 92.0 Å². The molecule has 0 aromatic rings. The molecule has 0 saturated carbocycles. The van der Waals surface area contributed by atoms with Crippen LogP contribution in [-0.2, 0) is 0 Å². The summed E-state index contributed by atoms with van der Waals surface area (Å²) < 4.78 is 0. The normalized spacial score (nSPS) is 26.7. The Morgan fingerprint density at radius 3 is 2.72 bits per heavy atom. The molecular weight excluding hydrogens is 252 g/mol. The van der Waals surface area contributed by atoms with Crippen molar-refractivity contribution in [2.75, 3.05) is 5.88 Å². The van der Waals surface area contributed by atoms with Crippen molar-refractivity contribution in [2.24, 2.45) is 21.9 Å². The molecule has 7 heteroatoms. The molecule has 0 fully saturated rings. The summed E-state index contributed by atoms with van der Waals surface area (Å²) in [5, 5.41) is 9.76. The first-order valence-corrected chi connectivity index (χ1v) is 6.55. The predicted octanol–water partition coefficient (Wildman–Crippen LogP) is 1.72. The van der Waals surface area contributed by atoms with Gasteiger partial charge >= 0.3 is 0 Å². The third-order valence-corrected chi connectivity index (χ3v) is 4.04. The maximum absolute atomic E-state index is 6.08. The van der Waals surface area contributed by atoms with Crippen LogP contribution < -0.4 is 16.9 Å². The first-order valence-electron chi connectivity index (χ1n) is 6.02. The van der Waals surface area contributed by atoms with E-state index in [4.69, 9.17) is 23.1 Å². The summed E-state index contributed by atoms with van der Waals surface area (Å²) in [6.07, 6.45) is 2.88. The maximum atomic E-state index is 6.08. The summed E-state index contributed by atoms with van der Waals surface area (Å²) in [7, 11) is 0. The molecule has 0 radical (unpaired) electrons. The van der Waals surface area contributed by atoms with E-state index in [1.807, 2.05) is 11.9 Å². The SMILES string of the molecule is CC1=C(N)C(N)=C2NN=NN2C1(C)CCCCCl. The van der Waals surface area contributed by atoms with Crippen molar-refractivity contribution in [3.63, 3.8) is 0 Å². The number of halogens is 1. The third-order valence-electron chi connectivity index (χ3n) is 3.77. The monoisotopic (exact) mass is 270 g/mol. The van der Waals surface area contributed by atoms with Gasteiger partial charge in [-0.15, -0.1) is 11.6 Å². The van der Waals surface area contributed by atoms with Gasteiger partial charge in [0.05, 0.1) is 16.9 Å². The van der Waals surface area contributed by atoms with Crippen molar-refractivity contribution in [1.82, 2.24) is 10.4 Å². The number of nitrogens with zero attached hydrogens (tertiary/aromatic N) is 3. The van der Waals surface area contributed by atoms with Crippen LogP contribution >= 0.6 is 11.6 Å². The minimum atomic E-state index is -0.290. The quantitative estimate of drug-likeness (QED) is 0.536. The third kappa shape index (κ3) is 1.80. The highest BCUT2D eigenvalue weighted by Gasteiger charge is 2.43. The lowest BCUT2D eigenvalue weighted by Gasteiger charge is -2.41. The predicted molar refractivity (Wildman–Crippen MR) is 70.9 cm³/mol. The van der Waals surface area contributed by atoms with E-state index in [2.05, 4.69) is 22.8 Å². The Hall–Kier alpha value is -1.43. The molecule has 5 N–H and O–H groups in total. The minimum absolute atomic E-state index is 0.290. The maximum Gasteiger partial charge on any atom is 0.172 e. The molecule has 100 valence electrons. The Kier molecular flexibility index (Phi) is 3.38. The molecule has 2 aliphatic rings. The number of unbranched alkanes of at least 4 members (excludes halogenated alkanes) is 1. The Morgan fingerprint density at radius 1 is 1.33 bits per heavy atom. The first kappa shape index (κ1) is 13.0. The van der Waals surface area contributed by atoms with Gasteiger partial charge < -0.3 is 11.5 Å². The molecule has 0 saturated heterocycles. The standard InChI is InChI=1S/C11H19ClN6/c1-7-8(13)9(14)10-15-16-17-18(10)11(7,2)5-3-4-6-12/h3-6,13-14H2,1-2H3,(H,15,17). The molecule has 0 bridgehead atoms. The molecular formula is C11H19ClN6. The second-order valence-corrected chi connectivity index (χ2v) is 5.21. The fraction of sp³-hybridized carbons (Fsp3) is 0.636. The molecule has 6 nitrogen and oxygen atoms in total. The van der Waals surface area contributed by atoms with E-state index in [0.717, 1.165) is 24.8 Å². The fourth-order valence-corrected chi connectivity index (χ4v) is 2.55. The largest absolute Gasteiger partial charge is 0.397 e. The summed E-state index contributed by atoms with van der Waals surface area (Å²) in [5.74, 6) is 1.34. The van der Waals surface area contributed by atoms with Crippen molar-refractivity contribution in [3.05, 3.63) is 22.8 Å². The molecule has 0 amide bonds. The van der Waals surface area contributed by atoms with E-state index in [0.29, 0.717) is 23.1 Å². The van der Waals surface area contributed by atoms with E-state index in [1.54, 1.807) is 0 Å². The van der Waals surface area contributed by atoms with Gasteiger partial charge in [0.25, 0.3) is 0 Å². The van der Waals surface area contributed by atoms with Gasteiger partial charge in [-0.1, -0.05) is 0 Å². The Balaban J connectivity index is 2.32. The second kappa shape index (κ2) is 4.68. The average molecular weight is 271 g/mol. The zero-order valence-corrected chi connectivity index (χ0v) is 11.5. The van der Waals surface area contributed by atoms with Crippen LogP contribution in [0.4, 0.5) is 0 Å². The van der Waals surface area contributed by atoms with E-state index < -0.39 is 0 Å². The van der Waals surface area contributed by atoms with Crippen molar-refractivity contribution in [1.29, 1.82) is 0 Å². The van der Waals surface area contributed by atoms with Crippen LogP contribution in [0.5, 0.6) is 0 Å². The number of hydrogen-bond donors (Lipinski definition) is 3.